The van der Waals surface area contributed by atoms with E-state index in [1.165, 1.54) is 16.9 Å². The minimum atomic E-state index is 0.157. The predicted molar refractivity (Wildman–Crippen MR) is 45.3 cm³/mol. The average molecular weight is 170 g/mol. The maximum atomic E-state index is 10.0. The van der Waals surface area contributed by atoms with E-state index in [9.17, 15) is 4.57 Å². The first-order valence-corrected chi connectivity index (χ1v) is 5.32. The van der Waals surface area contributed by atoms with Gasteiger partial charge in [-0.2, -0.15) is 0 Å². The Morgan fingerprint density at radius 3 is 2.60 bits per heavy atom. The van der Waals surface area contributed by atoms with E-state index in [-0.39, 0.29) is 7.66 Å². The van der Waals surface area contributed by atoms with Crippen molar-refractivity contribution in [2.45, 2.75) is 5.75 Å². The van der Waals surface area contributed by atoms with Crippen LogP contribution < -0.4 is 0 Å². The van der Waals surface area contributed by atoms with Gasteiger partial charge in [-0.15, -0.1) is 0 Å². The van der Waals surface area contributed by atoms with Crippen molar-refractivity contribution in [3.63, 3.8) is 0 Å². The Balaban J connectivity index is 2.50. The van der Waals surface area contributed by atoms with E-state index in [0.717, 1.165) is 5.75 Å². The van der Waals surface area contributed by atoms with Crippen molar-refractivity contribution < 1.29 is 4.57 Å². The van der Waals surface area contributed by atoms with Crippen LogP contribution in [0.1, 0.15) is 5.56 Å². The molecule has 1 rings (SSSR count). The zero-order chi connectivity index (χ0) is 7.23. The van der Waals surface area contributed by atoms with Crippen LogP contribution >= 0.6 is 19.0 Å². The highest BCUT2D eigenvalue weighted by atomic mass is 32.7. The van der Waals surface area contributed by atoms with Crippen molar-refractivity contribution in [2.75, 3.05) is 0 Å². The van der Waals surface area contributed by atoms with E-state index < -0.39 is 0 Å². The first-order chi connectivity index (χ1) is 4.93. The van der Waals surface area contributed by atoms with E-state index in [0.29, 0.717) is 0 Å². The molecule has 0 bridgehead atoms. The van der Waals surface area contributed by atoms with E-state index >= 15 is 0 Å². The van der Waals surface area contributed by atoms with Crippen molar-refractivity contribution in [3.05, 3.63) is 35.9 Å². The fourth-order valence-corrected chi connectivity index (χ4v) is 1.67. The first-order valence-electron chi connectivity index (χ1n) is 2.92. The molecule has 10 heavy (non-hydrogen) atoms. The molecule has 0 fully saturated rings. The zero-order valence-corrected chi connectivity index (χ0v) is 7.07. The molecule has 0 spiro atoms. The lowest BCUT2D eigenvalue weighted by atomic mass is 10.2. The average Bonchev–Trinajstić information content (AvgIpc) is 2.03. The lowest BCUT2D eigenvalue weighted by molar-refractivity contribution is 0.605. The number of rotatable bonds is 3. The van der Waals surface area contributed by atoms with Gasteiger partial charge in [0.2, 0.25) is 7.66 Å². The van der Waals surface area contributed by atoms with Crippen molar-refractivity contribution in [3.8, 4) is 0 Å². The van der Waals surface area contributed by atoms with Gasteiger partial charge in [-0.1, -0.05) is 41.7 Å². The molecule has 1 aromatic rings. The van der Waals surface area contributed by atoms with E-state index in [1.54, 1.807) is 0 Å². The van der Waals surface area contributed by atoms with Gasteiger partial charge in [0.05, 0.1) is 0 Å². The second kappa shape index (κ2) is 4.48. The molecule has 0 aliphatic heterocycles. The monoisotopic (exact) mass is 170 g/mol. The van der Waals surface area contributed by atoms with Crippen LogP contribution in [-0.2, 0) is 10.3 Å². The van der Waals surface area contributed by atoms with E-state index in [2.05, 4.69) is 0 Å². The fraction of sp³-hybridized carbons (Fsp3) is 0.143. The smallest absolute Gasteiger partial charge is 0.227 e. The molecule has 0 saturated carbocycles. The number of benzene rings is 1. The van der Waals surface area contributed by atoms with Gasteiger partial charge in [0, 0.05) is 5.75 Å². The van der Waals surface area contributed by atoms with Crippen LogP contribution in [0, 0.1) is 0 Å². The van der Waals surface area contributed by atoms with Crippen molar-refractivity contribution in [2.24, 2.45) is 0 Å². The summed E-state index contributed by atoms with van der Waals surface area (Å²) in [5.41, 5.74) is 1.22. The Bertz CT molecular complexity index is 200. The second-order valence-electron chi connectivity index (χ2n) is 1.83. The molecule has 1 aromatic carbocycles. The van der Waals surface area contributed by atoms with Crippen LogP contribution in [-0.4, -0.2) is 0 Å². The minimum absolute atomic E-state index is 0.157. The molecule has 0 N–H and O–H groups in total. The summed E-state index contributed by atoms with van der Waals surface area (Å²) < 4.78 is 10.0. The summed E-state index contributed by atoms with van der Waals surface area (Å²) in [6.07, 6.45) is 0. The molecular formula is C7H7OPS. The van der Waals surface area contributed by atoms with Crippen LogP contribution in [0.5, 0.6) is 0 Å². The van der Waals surface area contributed by atoms with Gasteiger partial charge < -0.3 is 0 Å². The summed E-state index contributed by atoms with van der Waals surface area (Å²) in [7, 11) is 0.157. The normalized spacial score (nSPS) is 10.0. The lowest BCUT2D eigenvalue weighted by Crippen LogP contribution is -1.73. The highest BCUT2D eigenvalue weighted by Gasteiger charge is 1.88. The molecule has 0 atom stereocenters. The summed E-state index contributed by atoms with van der Waals surface area (Å²) in [6.45, 7) is 0. The van der Waals surface area contributed by atoms with Gasteiger partial charge in [0.25, 0.3) is 0 Å². The molecule has 0 amide bonds. The van der Waals surface area contributed by atoms with E-state index in [4.69, 9.17) is 0 Å². The number of hydrogen-bond donors (Lipinski definition) is 0. The molecule has 0 saturated heterocycles. The zero-order valence-electron chi connectivity index (χ0n) is 5.36. The Morgan fingerprint density at radius 1 is 1.30 bits per heavy atom. The molecule has 0 radical (unpaired) electrons. The molecule has 0 unspecified atom stereocenters. The summed E-state index contributed by atoms with van der Waals surface area (Å²) in [6, 6.07) is 9.99. The highest BCUT2D eigenvalue weighted by Crippen LogP contribution is 2.22. The lowest BCUT2D eigenvalue weighted by Gasteiger charge is -1.92. The minimum Gasteiger partial charge on any atom is -0.262 e. The molecule has 0 aliphatic carbocycles. The number of hydrogen-bond acceptors (Lipinski definition) is 2. The van der Waals surface area contributed by atoms with Gasteiger partial charge in [-0.05, 0) is 5.56 Å². The summed E-state index contributed by atoms with van der Waals surface area (Å²) in [5.74, 6) is 0.825. The summed E-state index contributed by atoms with van der Waals surface area (Å²) >= 11 is 1.38. The molecule has 52 valence electrons. The van der Waals surface area contributed by atoms with Gasteiger partial charge in [0.15, 0.2) is 0 Å². The predicted octanol–water partition coefficient (Wildman–Crippen LogP) is 3.13. The third-order valence-corrected chi connectivity index (χ3v) is 2.40. The largest absolute Gasteiger partial charge is 0.262 e. The quantitative estimate of drug-likeness (QED) is 0.648. The Morgan fingerprint density at radius 2 is 2.00 bits per heavy atom. The van der Waals surface area contributed by atoms with Crippen LogP contribution in [0.15, 0.2) is 30.3 Å². The third kappa shape index (κ3) is 2.51. The second-order valence-corrected chi connectivity index (χ2v) is 3.75. The highest BCUT2D eigenvalue weighted by molar-refractivity contribution is 8.45. The van der Waals surface area contributed by atoms with Crippen LogP contribution in [0.2, 0.25) is 0 Å². The molecule has 3 heteroatoms. The van der Waals surface area contributed by atoms with Crippen LogP contribution in [0.25, 0.3) is 0 Å². The van der Waals surface area contributed by atoms with Crippen molar-refractivity contribution in [1.82, 2.24) is 0 Å². The molecular weight excluding hydrogens is 163 g/mol. The first kappa shape index (κ1) is 7.77. The maximum absolute atomic E-state index is 10.0. The van der Waals surface area contributed by atoms with E-state index in [1.807, 2.05) is 30.3 Å². The fourth-order valence-electron chi connectivity index (χ4n) is 0.675. The summed E-state index contributed by atoms with van der Waals surface area (Å²) in [5, 5.41) is 0. The Hall–Kier alpha value is -0.330. The Kier molecular flexibility index (Phi) is 3.48. The van der Waals surface area contributed by atoms with Gasteiger partial charge in [0.1, 0.15) is 0 Å². The van der Waals surface area contributed by atoms with Gasteiger partial charge in [-0.25, -0.2) is 0 Å². The van der Waals surface area contributed by atoms with Crippen LogP contribution in [0.4, 0.5) is 0 Å². The molecule has 0 aromatic heterocycles. The van der Waals surface area contributed by atoms with Crippen molar-refractivity contribution >= 4 is 19.0 Å². The molecule has 1 nitrogen and oxygen atoms in total. The maximum Gasteiger partial charge on any atom is 0.227 e. The molecule has 0 aliphatic rings. The van der Waals surface area contributed by atoms with Crippen molar-refractivity contribution in [1.29, 1.82) is 0 Å². The standard InChI is InChI=1S/C7H7OPS/c8-9-10-6-7-4-2-1-3-5-7/h1-5H,6H2. The third-order valence-electron chi connectivity index (χ3n) is 1.13. The van der Waals surface area contributed by atoms with Crippen LogP contribution in [0.3, 0.4) is 0 Å². The Labute approximate surface area is 65.8 Å². The van der Waals surface area contributed by atoms with Gasteiger partial charge in [-0.3, -0.25) is 4.57 Å². The summed E-state index contributed by atoms with van der Waals surface area (Å²) in [4.78, 5) is 0. The SMILES string of the molecule is O=PSCc1ccccc1. The topological polar surface area (TPSA) is 17.1 Å². The molecule has 0 heterocycles. The van der Waals surface area contributed by atoms with Gasteiger partial charge >= 0.3 is 0 Å².